The van der Waals surface area contributed by atoms with E-state index >= 15 is 0 Å². The first-order valence-corrected chi connectivity index (χ1v) is 6.64. The molecule has 2 atom stereocenters. The summed E-state index contributed by atoms with van der Waals surface area (Å²) in [6.45, 7) is 2.98. The topological polar surface area (TPSA) is 62.3 Å². The van der Waals surface area contributed by atoms with E-state index in [4.69, 9.17) is 15.2 Å². The van der Waals surface area contributed by atoms with Gasteiger partial charge in [-0.25, -0.2) is 4.98 Å². The second-order valence-corrected chi connectivity index (χ2v) is 4.99. The number of ether oxygens (including phenoxy) is 2. The molecule has 0 spiro atoms. The van der Waals surface area contributed by atoms with Crippen molar-refractivity contribution in [1.82, 2.24) is 9.55 Å². The van der Waals surface area contributed by atoms with Crippen LogP contribution in [0.3, 0.4) is 0 Å². The lowest BCUT2D eigenvalue weighted by Gasteiger charge is -2.21. The molecule has 3 rings (SSSR count). The summed E-state index contributed by atoms with van der Waals surface area (Å²) in [7, 11) is 1.65. The van der Waals surface area contributed by atoms with Crippen LogP contribution in [-0.2, 0) is 4.74 Å². The van der Waals surface area contributed by atoms with Crippen LogP contribution in [0.5, 0.6) is 5.75 Å². The van der Waals surface area contributed by atoms with Crippen LogP contribution >= 0.6 is 0 Å². The van der Waals surface area contributed by atoms with Gasteiger partial charge in [0.2, 0.25) is 5.95 Å². The van der Waals surface area contributed by atoms with Gasteiger partial charge in [-0.1, -0.05) is 0 Å². The maximum Gasteiger partial charge on any atom is 0.201 e. The van der Waals surface area contributed by atoms with Gasteiger partial charge in [0.1, 0.15) is 5.75 Å². The number of nitrogens with two attached hydrogens (primary N) is 1. The van der Waals surface area contributed by atoms with Crippen LogP contribution in [0.4, 0.5) is 5.95 Å². The SMILES string of the molecule is COc1ccc2c(c1)nc(N)n2C(C)C1CCCO1. The Balaban J connectivity index is 2.04. The van der Waals surface area contributed by atoms with E-state index in [1.807, 2.05) is 18.2 Å². The van der Waals surface area contributed by atoms with Crippen molar-refractivity contribution in [3.63, 3.8) is 0 Å². The van der Waals surface area contributed by atoms with Gasteiger partial charge in [-0.2, -0.15) is 0 Å². The molecule has 102 valence electrons. The molecule has 1 fully saturated rings. The standard InChI is InChI=1S/C14H19N3O2/c1-9(13-4-3-7-19-13)17-12-6-5-10(18-2)8-11(12)16-14(17)15/h5-6,8-9,13H,3-4,7H2,1-2H3,(H2,15,16). The molecule has 0 amide bonds. The lowest BCUT2D eigenvalue weighted by molar-refractivity contribution is 0.0751. The first kappa shape index (κ1) is 12.3. The molecule has 0 bridgehead atoms. The maximum absolute atomic E-state index is 6.07. The smallest absolute Gasteiger partial charge is 0.201 e. The number of hydrogen-bond acceptors (Lipinski definition) is 4. The van der Waals surface area contributed by atoms with Gasteiger partial charge in [0.05, 0.1) is 30.3 Å². The minimum absolute atomic E-state index is 0.195. The van der Waals surface area contributed by atoms with E-state index < -0.39 is 0 Å². The monoisotopic (exact) mass is 261 g/mol. The maximum atomic E-state index is 6.07. The predicted octanol–water partition coefficient (Wildman–Crippen LogP) is 2.37. The summed E-state index contributed by atoms with van der Waals surface area (Å²) < 4.78 is 13.0. The van der Waals surface area contributed by atoms with Crippen LogP contribution in [0.2, 0.25) is 0 Å². The average molecular weight is 261 g/mol. The number of imidazole rings is 1. The van der Waals surface area contributed by atoms with Crippen LogP contribution in [-0.4, -0.2) is 29.4 Å². The molecule has 5 heteroatoms. The fraction of sp³-hybridized carbons (Fsp3) is 0.500. The van der Waals surface area contributed by atoms with Gasteiger partial charge in [-0.05, 0) is 31.9 Å². The van der Waals surface area contributed by atoms with Gasteiger partial charge >= 0.3 is 0 Å². The minimum atomic E-state index is 0.195. The van der Waals surface area contributed by atoms with Crippen molar-refractivity contribution in [1.29, 1.82) is 0 Å². The van der Waals surface area contributed by atoms with Crippen molar-refractivity contribution >= 4 is 17.0 Å². The van der Waals surface area contributed by atoms with Gasteiger partial charge in [0.25, 0.3) is 0 Å². The zero-order valence-electron chi connectivity index (χ0n) is 11.3. The first-order valence-electron chi connectivity index (χ1n) is 6.64. The van der Waals surface area contributed by atoms with Crippen LogP contribution in [0.15, 0.2) is 18.2 Å². The van der Waals surface area contributed by atoms with Crippen molar-refractivity contribution in [3.05, 3.63) is 18.2 Å². The zero-order valence-corrected chi connectivity index (χ0v) is 11.3. The van der Waals surface area contributed by atoms with E-state index in [-0.39, 0.29) is 12.1 Å². The fourth-order valence-corrected chi connectivity index (χ4v) is 2.80. The van der Waals surface area contributed by atoms with Gasteiger partial charge < -0.3 is 19.8 Å². The summed E-state index contributed by atoms with van der Waals surface area (Å²) in [5.74, 6) is 1.33. The molecule has 0 radical (unpaired) electrons. The Morgan fingerprint density at radius 2 is 2.37 bits per heavy atom. The highest BCUT2D eigenvalue weighted by Gasteiger charge is 2.26. The molecule has 1 aromatic heterocycles. The Morgan fingerprint density at radius 1 is 1.53 bits per heavy atom. The molecule has 5 nitrogen and oxygen atoms in total. The number of aromatic nitrogens is 2. The number of fused-ring (bicyclic) bond motifs is 1. The zero-order chi connectivity index (χ0) is 13.4. The molecule has 2 aromatic rings. The van der Waals surface area contributed by atoms with Crippen LogP contribution in [0.25, 0.3) is 11.0 Å². The summed E-state index contributed by atoms with van der Waals surface area (Å²) in [6.07, 6.45) is 2.42. The minimum Gasteiger partial charge on any atom is -0.497 e. The molecule has 0 saturated carbocycles. The normalized spacial score (nSPS) is 20.8. The molecule has 1 aliphatic heterocycles. The first-order chi connectivity index (χ1) is 9.20. The molecule has 2 N–H and O–H groups in total. The second kappa shape index (κ2) is 4.74. The molecular formula is C14H19N3O2. The van der Waals surface area contributed by atoms with Gasteiger partial charge in [0, 0.05) is 12.7 Å². The molecule has 0 aliphatic carbocycles. The van der Waals surface area contributed by atoms with Gasteiger partial charge in [-0.3, -0.25) is 0 Å². The number of benzene rings is 1. The highest BCUT2D eigenvalue weighted by Crippen LogP contribution is 2.31. The summed E-state index contributed by atoms with van der Waals surface area (Å²) in [4.78, 5) is 4.42. The predicted molar refractivity (Wildman–Crippen MR) is 74.4 cm³/mol. The molecule has 1 aliphatic rings. The van der Waals surface area contributed by atoms with E-state index in [0.29, 0.717) is 5.95 Å². The summed E-state index contributed by atoms with van der Waals surface area (Å²) in [5.41, 5.74) is 7.96. The third-order valence-electron chi connectivity index (χ3n) is 3.83. The number of rotatable bonds is 3. The second-order valence-electron chi connectivity index (χ2n) is 4.99. The van der Waals surface area contributed by atoms with Crippen molar-refractivity contribution in [2.24, 2.45) is 0 Å². The van der Waals surface area contributed by atoms with Crippen LogP contribution < -0.4 is 10.5 Å². The molecular weight excluding hydrogens is 242 g/mol. The van der Waals surface area contributed by atoms with Crippen LogP contribution in [0, 0.1) is 0 Å². The number of methoxy groups -OCH3 is 1. The highest BCUT2D eigenvalue weighted by atomic mass is 16.5. The fourth-order valence-electron chi connectivity index (χ4n) is 2.80. The van der Waals surface area contributed by atoms with Crippen LogP contribution in [0.1, 0.15) is 25.8 Å². The van der Waals surface area contributed by atoms with E-state index in [1.165, 1.54) is 0 Å². The lowest BCUT2D eigenvalue weighted by Crippen LogP contribution is -2.22. The number of anilines is 1. The third kappa shape index (κ3) is 2.04. The van der Waals surface area contributed by atoms with E-state index in [2.05, 4.69) is 16.5 Å². The number of nitrogen functional groups attached to an aromatic ring is 1. The number of nitrogens with zero attached hydrogens (tertiary/aromatic N) is 2. The lowest BCUT2D eigenvalue weighted by atomic mass is 10.1. The Labute approximate surface area is 112 Å². The Hall–Kier alpha value is -1.75. The Kier molecular flexibility index (Phi) is 3.06. The van der Waals surface area contributed by atoms with Crippen molar-refractivity contribution in [2.45, 2.75) is 31.9 Å². The third-order valence-corrected chi connectivity index (χ3v) is 3.83. The molecule has 1 aromatic carbocycles. The van der Waals surface area contributed by atoms with Crippen molar-refractivity contribution in [2.75, 3.05) is 19.5 Å². The summed E-state index contributed by atoms with van der Waals surface area (Å²) in [5, 5.41) is 0. The summed E-state index contributed by atoms with van der Waals surface area (Å²) in [6, 6.07) is 6.04. The van der Waals surface area contributed by atoms with E-state index in [9.17, 15) is 0 Å². The number of hydrogen-bond donors (Lipinski definition) is 1. The Morgan fingerprint density at radius 3 is 3.05 bits per heavy atom. The Bertz CT molecular complexity index is 588. The molecule has 19 heavy (non-hydrogen) atoms. The van der Waals surface area contributed by atoms with Gasteiger partial charge in [0.15, 0.2) is 0 Å². The summed E-state index contributed by atoms with van der Waals surface area (Å²) >= 11 is 0. The molecule has 2 unspecified atom stereocenters. The van der Waals surface area contributed by atoms with E-state index in [0.717, 1.165) is 36.2 Å². The quantitative estimate of drug-likeness (QED) is 0.921. The van der Waals surface area contributed by atoms with Crippen molar-refractivity contribution < 1.29 is 9.47 Å². The van der Waals surface area contributed by atoms with Gasteiger partial charge in [-0.15, -0.1) is 0 Å². The highest BCUT2D eigenvalue weighted by molar-refractivity contribution is 5.80. The molecule has 2 heterocycles. The molecule has 1 saturated heterocycles. The average Bonchev–Trinajstić information content (AvgIpc) is 3.03. The van der Waals surface area contributed by atoms with Crippen molar-refractivity contribution in [3.8, 4) is 5.75 Å². The largest absolute Gasteiger partial charge is 0.497 e. The van der Waals surface area contributed by atoms with E-state index in [1.54, 1.807) is 7.11 Å².